The molecule has 0 spiro atoms. The van der Waals surface area contributed by atoms with Crippen LogP contribution in [0.3, 0.4) is 0 Å². The van der Waals surface area contributed by atoms with Crippen molar-refractivity contribution in [3.8, 4) is 5.75 Å². The fraction of sp³-hybridized carbons (Fsp3) is 0.333. The van der Waals surface area contributed by atoms with E-state index in [1.807, 2.05) is 62.4 Å². The minimum Gasteiger partial charge on any atom is -0.490 e. The third kappa shape index (κ3) is 3.84. The van der Waals surface area contributed by atoms with Gasteiger partial charge in [-0.2, -0.15) is 0 Å². The lowest BCUT2D eigenvalue weighted by molar-refractivity contribution is 0.00721. The number of ether oxygens (including phenoxy) is 1. The highest BCUT2D eigenvalue weighted by atomic mass is 16.5. The molecule has 0 bridgehead atoms. The smallest absolute Gasteiger partial charge is 0.124 e. The van der Waals surface area contributed by atoms with Crippen molar-refractivity contribution in [2.24, 2.45) is 5.73 Å². The van der Waals surface area contributed by atoms with Crippen LogP contribution < -0.4 is 10.5 Å². The summed E-state index contributed by atoms with van der Waals surface area (Å²) in [7, 11) is 0. The van der Waals surface area contributed by atoms with E-state index >= 15 is 0 Å². The fourth-order valence-corrected chi connectivity index (χ4v) is 2.25. The number of aryl methyl sites for hydroxylation is 1. The largest absolute Gasteiger partial charge is 0.490 e. The maximum absolute atomic E-state index is 10.6. The van der Waals surface area contributed by atoms with E-state index in [9.17, 15) is 5.11 Å². The van der Waals surface area contributed by atoms with Crippen LogP contribution in [0.2, 0.25) is 0 Å². The molecule has 2 atom stereocenters. The minimum absolute atomic E-state index is 0.110. The third-order valence-electron chi connectivity index (χ3n) is 3.56. The van der Waals surface area contributed by atoms with Crippen LogP contribution >= 0.6 is 0 Å². The van der Waals surface area contributed by atoms with E-state index in [2.05, 4.69) is 0 Å². The molecule has 0 aromatic heterocycles. The van der Waals surface area contributed by atoms with Gasteiger partial charge in [0.15, 0.2) is 0 Å². The molecule has 2 rings (SSSR count). The van der Waals surface area contributed by atoms with E-state index in [0.29, 0.717) is 0 Å². The van der Waals surface area contributed by atoms with Gasteiger partial charge in [-0.05, 0) is 32.4 Å². The summed E-state index contributed by atoms with van der Waals surface area (Å²) < 4.78 is 5.84. The summed E-state index contributed by atoms with van der Waals surface area (Å²) in [6.07, 6.45) is 0. The van der Waals surface area contributed by atoms with Gasteiger partial charge in [-0.1, -0.05) is 48.0 Å². The molecule has 0 saturated carbocycles. The van der Waals surface area contributed by atoms with E-state index in [4.69, 9.17) is 10.5 Å². The normalized spacial score (nSPS) is 15.3. The predicted octanol–water partition coefficient (Wildman–Crippen LogP) is 3.30. The van der Waals surface area contributed by atoms with Crippen molar-refractivity contribution in [2.45, 2.75) is 32.4 Å². The number of nitrogens with two attached hydrogens (primary N) is 1. The number of rotatable bonds is 5. The van der Waals surface area contributed by atoms with Gasteiger partial charge >= 0.3 is 0 Å². The number of hydrogen-bond acceptors (Lipinski definition) is 3. The Morgan fingerprint density at radius 1 is 1.19 bits per heavy atom. The fourth-order valence-electron chi connectivity index (χ4n) is 2.25. The van der Waals surface area contributed by atoms with Gasteiger partial charge in [0.25, 0.3) is 0 Å². The number of hydrogen-bond donors (Lipinski definition) is 2. The van der Waals surface area contributed by atoms with E-state index in [-0.39, 0.29) is 12.6 Å². The second kappa shape index (κ2) is 6.29. The van der Waals surface area contributed by atoms with Gasteiger partial charge in [0.2, 0.25) is 0 Å². The molecule has 3 heteroatoms. The number of benzene rings is 2. The van der Waals surface area contributed by atoms with Crippen molar-refractivity contribution < 1.29 is 9.84 Å². The predicted molar refractivity (Wildman–Crippen MR) is 85.3 cm³/mol. The van der Waals surface area contributed by atoms with Crippen molar-refractivity contribution >= 4 is 0 Å². The average Bonchev–Trinajstić information content (AvgIpc) is 2.47. The summed E-state index contributed by atoms with van der Waals surface area (Å²) in [6.45, 7) is 5.88. The quantitative estimate of drug-likeness (QED) is 0.886. The molecular formula is C18H23NO2. The molecule has 21 heavy (non-hydrogen) atoms. The highest BCUT2D eigenvalue weighted by Gasteiger charge is 2.24. The van der Waals surface area contributed by atoms with E-state index in [1.165, 1.54) is 0 Å². The zero-order chi connectivity index (χ0) is 15.5. The number of aliphatic hydroxyl groups is 1. The van der Waals surface area contributed by atoms with E-state index < -0.39 is 5.60 Å². The topological polar surface area (TPSA) is 55.5 Å². The van der Waals surface area contributed by atoms with Crippen molar-refractivity contribution in [1.29, 1.82) is 0 Å². The Kier molecular flexibility index (Phi) is 4.66. The van der Waals surface area contributed by atoms with E-state index in [1.54, 1.807) is 6.92 Å². The molecule has 0 aliphatic carbocycles. The Bertz CT molecular complexity index is 591. The molecule has 112 valence electrons. The Balaban J connectivity index is 2.16. The third-order valence-corrected chi connectivity index (χ3v) is 3.56. The second-order valence-corrected chi connectivity index (χ2v) is 5.76. The molecule has 0 heterocycles. The van der Waals surface area contributed by atoms with Crippen molar-refractivity contribution in [3.63, 3.8) is 0 Å². The van der Waals surface area contributed by atoms with Gasteiger partial charge in [-0.25, -0.2) is 0 Å². The Hall–Kier alpha value is -1.84. The van der Waals surface area contributed by atoms with Crippen LogP contribution in [0.25, 0.3) is 0 Å². The van der Waals surface area contributed by atoms with E-state index in [0.717, 1.165) is 22.4 Å². The Morgan fingerprint density at radius 3 is 2.48 bits per heavy atom. The van der Waals surface area contributed by atoms with Gasteiger partial charge in [-0.3, -0.25) is 0 Å². The van der Waals surface area contributed by atoms with Gasteiger partial charge in [0.1, 0.15) is 18.0 Å². The molecule has 0 fully saturated rings. The first kappa shape index (κ1) is 15.5. The van der Waals surface area contributed by atoms with Gasteiger partial charge < -0.3 is 15.6 Å². The monoisotopic (exact) mass is 285 g/mol. The molecule has 0 saturated heterocycles. The van der Waals surface area contributed by atoms with Crippen molar-refractivity contribution in [3.05, 3.63) is 65.2 Å². The maximum Gasteiger partial charge on any atom is 0.124 e. The summed E-state index contributed by atoms with van der Waals surface area (Å²) in [5.74, 6) is 0.729. The first-order valence-corrected chi connectivity index (χ1v) is 7.17. The van der Waals surface area contributed by atoms with Crippen molar-refractivity contribution in [1.82, 2.24) is 0 Å². The minimum atomic E-state index is -1.04. The standard InChI is InChI=1S/C18H23NO2/c1-13-9-10-17(16(11-13)14(2)19)21-12-18(3,20)15-7-5-4-6-8-15/h4-11,14,20H,12,19H2,1-3H3/t14-,18?/m1/s1. The molecular weight excluding hydrogens is 262 g/mol. The van der Waals surface area contributed by atoms with Crippen LogP contribution in [0.5, 0.6) is 5.75 Å². The van der Waals surface area contributed by atoms with Crippen LogP contribution in [0.4, 0.5) is 0 Å². The van der Waals surface area contributed by atoms with Gasteiger partial charge in [0, 0.05) is 11.6 Å². The lowest BCUT2D eigenvalue weighted by Gasteiger charge is -2.25. The molecule has 0 aliphatic heterocycles. The zero-order valence-corrected chi connectivity index (χ0v) is 12.8. The highest BCUT2D eigenvalue weighted by Crippen LogP contribution is 2.28. The van der Waals surface area contributed by atoms with Crippen LogP contribution in [0.1, 0.15) is 36.6 Å². The van der Waals surface area contributed by atoms with Gasteiger partial charge in [-0.15, -0.1) is 0 Å². The molecule has 3 N–H and O–H groups in total. The Morgan fingerprint density at radius 2 is 1.86 bits per heavy atom. The molecule has 0 amide bonds. The molecule has 3 nitrogen and oxygen atoms in total. The molecule has 2 aromatic rings. The summed E-state index contributed by atoms with van der Waals surface area (Å²) >= 11 is 0. The zero-order valence-electron chi connectivity index (χ0n) is 12.8. The summed E-state index contributed by atoms with van der Waals surface area (Å²) in [5.41, 5.74) is 7.88. The molecule has 1 unspecified atom stereocenters. The molecule has 0 aliphatic rings. The summed E-state index contributed by atoms with van der Waals surface area (Å²) in [5, 5.41) is 10.6. The molecule has 0 radical (unpaired) electrons. The second-order valence-electron chi connectivity index (χ2n) is 5.76. The summed E-state index contributed by atoms with van der Waals surface area (Å²) in [4.78, 5) is 0. The first-order chi connectivity index (χ1) is 9.90. The summed E-state index contributed by atoms with van der Waals surface area (Å²) in [6, 6.07) is 15.3. The first-order valence-electron chi connectivity index (χ1n) is 7.17. The van der Waals surface area contributed by atoms with Crippen LogP contribution in [0, 0.1) is 6.92 Å². The Labute approximate surface area is 126 Å². The highest BCUT2D eigenvalue weighted by molar-refractivity contribution is 5.39. The SMILES string of the molecule is Cc1ccc(OCC(C)(O)c2ccccc2)c([C@@H](C)N)c1. The maximum atomic E-state index is 10.6. The van der Waals surface area contributed by atoms with Crippen LogP contribution in [-0.4, -0.2) is 11.7 Å². The van der Waals surface area contributed by atoms with Crippen LogP contribution in [-0.2, 0) is 5.60 Å². The lowest BCUT2D eigenvalue weighted by atomic mass is 9.97. The molecule has 2 aromatic carbocycles. The average molecular weight is 285 g/mol. The van der Waals surface area contributed by atoms with Gasteiger partial charge in [0.05, 0.1) is 0 Å². The van der Waals surface area contributed by atoms with Crippen molar-refractivity contribution in [2.75, 3.05) is 6.61 Å². The van der Waals surface area contributed by atoms with Crippen LogP contribution in [0.15, 0.2) is 48.5 Å². The lowest BCUT2D eigenvalue weighted by Crippen LogP contribution is -2.29.